The third-order valence-electron chi connectivity index (χ3n) is 8.63. The molecule has 264 valence electrons. The average molecular weight is 685 g/mol. The van der Waals surface area contributed by atoms with E-state index >= 15 is 0 Å². The number of nitrogens with one attached hydrogen (secondary N) is 3. The van der Waals surface area contributed by atoms with Crippen molar-refractivity contribution in [1.82, 2.24) is 15.5 Å². The number of benzene rings is 3. The summed E-state index contributed by atoms with van der Waals surface area (Å²) in [6.07, 6.45) is 12.8. The van der Waals surface area contributed by atoms with Crippen molar-refractivity contribution in [1.29, 1.82) is 0 Å². The number of carbonyl (C=O) groups is 2. The molecule has 7 nitrogen and oxygen atoms in total. The highest BCUT2D eigenvalue weighted by molar-refractivity contribution is 7.83. The molecule has 0 spiro atoms. The third-order valence-corrected chi connectivity index (χ3v) is 8.78. The van der Waals surface area contributed by atoms with Crippen LogP contribution in [0.3, 0.4) is 0 Å². The Hall–Kier alpha value is -3.85. The fourth-order valence-corrected chi connectivity index (χ4v) is 5.89. The second kappa shape index (κ2) is 22.7. The molecule has 1 fully saturated rings. The van der Waals surface area contributed by atoms with Gasteiger partial charge in [-0.1, -0.05) is 94.5 Å². The van der Waals surface area contributed by atoms with Crippen LogP contribution in [0.4, 0.5) is 5.69 Å². The normalized spacial score (nSPS) is 14.0. The molecule has 0 aliphatic carbocycles. The van der Waals surface area contributed by atoms with Crippen LogP contribution in [0.1, 0.15) is 99.3 Å². The van der Waals surface area contributed by atoms with Crippen LogP contribution in [-0.4, -0.2) is 54.5 Å². The number of allylic oxidation sites excluding steroid dienone is 2. The minimum atomic E-state index is -0.353. The number of hydrogen-bond donors (Lipinski definition) is 5. The molecule has 49 heavy (non-hydrogen) atoms. The van der Waals surface area contributed by atoms with Crippen molar-refractivity contribution in [2.75, 3.05) is 38.0 Å². The lowest BCUT2D eigenvalue weighted by Crippen LogP contribution is -2.29. The van der Waals surface area contributed by atoms with Gasteiger partial charge in [0.05, 0.1) is 5.69 Å². The Kier molecular flexibility index (Phi) is 18.4. The monoisotopic (exact) mass is 684 g/mol. The van der Waals surface area contributed by atoms with E-state index in [1.807, 2.05) is 49.4 Å². The van der Waals surface area contributed by atoms with Gasteiger partial charge in [0.25, 0.3) is 11.8 Å². The Morgan fingerprint density at radius 1 is 0.878 bits per heavy atom. The fraction of sp³-hybridized carbons (Fsp3) is 0.415. The molecule has 0 atom stereocenters. The Morgan fingerprint density at radius 3 is 2.35 bits per heavy atom. The van der Waals surface area contributed by atoms with Gasteiger partial charge in [0.1, 0.15) is 5.75 Å². The van der Waals surface area contributed by atoms with E-state index in [0.717, 1.165) is 42.4 Å². The zero-order valence-electron chi connectivity index (χ0n) is 29.6. The van der Waals surface area contributed by atoms with E-state index in [-0.39, 0.29) is 28.8 Å². The van der Waals surface area contributed by atoms with E-state index in [2.05, 4.69) is 47.3 Å². The maximum absolute atomic E-state index is 13.1. The molecule has 4 rings (SSSR count). The van der Waals surface area contributed by atoms with Gasteiger partial charge in [-0.05, 0) is 105 Å². The lowest BCUT2D eigenvalue weighted by Gasteiger charge is -2.18. The van der Waals surface area contributed by atoms with E-state index in [0.29, 0.717) is 11.3 Å². The predicted molar refractivity (Wildman–Crippen MR) is 208 cm³/mol. The van der Waals surface area contributed by atoms with Crippen molar-refractivity contribution < 1.29 is 14.7 Å². The summed E-state index contributed by atoms with van der Waals surface area (Å²) in [7, 11) is 0. The number of phenols is 1. The number of phenolic OH excluding ortho intramolecular Hbond substituents is 1. The quantitative estimate of drug-likeness (QED) is 0.0477. The average Bonchev–Trinajstić information content (AvgIpc) is 3.40. The Morgan fingerprint density at radius 2 is 1.61 bits per heavy atom. The summed E-state index contributed by atoms with van der Waals surface area (Å²) < 4.78 is 0. The number of aromatic hydroxyl groups is 1. The van der Waals surface area contributed by atoms with Crippen LogP contribution in [0, 0.1) is 0 Å². The van der Waals surface area contributed by atoms with Gasteiger partial charge in [-0.25, -0.2) is 0 Å². The number of carbonyl (C=O) groups excluding carboxylic acids is 2. The molecule has 0 aromatic heterocycles. The van der Waals surface area contributed by atoms with Crippen molar-refractivity contribution in [2.45, 2.75) is 78.6 Å². The molecule has 1 heterocycles. The topological polar surface area (TPSA) is 93.7 Å². The highest BCUT2D eigenvalue weighted by Crippen LogP contribution is 2.28. The summed E-state index contributed by atoms with van der Waals surface area (Å²) in [5, 5.41) is 21.3. The van der Waals surface area contributed by atoms with Crippen LogP contribution in [0.25, 0.3) is 11.1 Å². The van der Waals surface area contributed by atoms with Gasteiger partial charge in [0.15, 0.2) is 0 Å². The van der Waals surface area contributed by atoms with Gasteiger partial charge in [-0.15, -0.1) is 0 Å². The van der Waals surface area contributed by atoms with E-state index in [1.165, 1.54) is 77.0 Å². The molecule has 3 aromatic carbocycles. The van der Waals surface area contributed by atoms with Crippen LogP contribution in [-0.2, 0) is 0 Å². The first kappa shape index (κ1) is 39.6. The molecular formula is C41H56N4O3S. The summed E-state index contributed by atoms with van der Waals surface area (Å²) >= 11 is 4.15. The van der Waals surface area contributed by atoms with Crippen LogP contribution < -0.4 is 16.0 Å². The van der Waals surface area contributed by atoms with Crippen molar-refractivity contribution >= 4 is 30.1 Å². The van der Waals surface area contributed by atoms with Gasteiger partial charge in [-0.2, -0.15) is 12.6 Å². The van der Waals surface area contributed by atoms with Crippen molar-refractivity contribution in [3.8, 4) is 16.9 Å². The lowest BCUT2D eigenvalue weighted by molar-refractivity contribution is 0.0965. The number of unbranched alkanes of at least 4 members (excludes halogenated alkanes) is 5. The number of amides is 2. The largest absolute Gasteiger partial charge is 0.506 e. The van der Waals surface area contributed by atoms with Crippen LogP contribution in [0.5, 0.6) is 5.75 Å². The van der Waals surface area contributed by atoms with Gasteiger partial charge in [-0.3, -0.25) is 9.59 Å². The van der Waals surface area contributed by atoms with Crippen molar-refractivity contribution in [3.63, 3.8) is 0 Å². The number of thiol groups is 1. The molecule has 1 saturated heterocycles. The SMILES string of the molecule is CCCCC/C(C)=C(/C=C\S)NC(=O)c1ccc(NC(=O)c2ccccc2-c2ccccc2)c(O)c1.CCCCCCN1CCCNCC1. The van der Waals surface area contributed by atoms with Gasteiger partial charge in [0.2, 0.25) is 0 Å². The smallest absolute Gasteiger partial charge is 0.256 e. The molecule has 8 heteroatoms. The van der Waals surface area contributed by atoms with Gasteiger partial charge < -0.3 is 26.0 Å². The predicted octanol–water partition coefficient (Wildman–Crippen LogP) is 9.20. The summed E-state index contributed by atoms with van der Waals surface area (Å²) in [6, 6.07) is 21.4. The minimum Gasteiger partial charge on any atom is -0.506 e. The van der Waals surface area contributed by atoms with Crippen LogP contribution >= 0.6 is 12.6 Å². The molecule has 0 radical (unpaired) electrons. The van der Waals surface area contributed by atoms with E-state index in [9.17, 15) is 14.7 Å². The molecule has 2 amide bonds. The summed E-state index contributed by atoms with van der Waals surface area (Å²) in [6.45, 7) is 12.7. The maximum atomic E-state index is 13.1. The summed E-state index contributed by atoms with van der Waals surface area (Å²) in [4.78, 5) is 28.5. The molecule has 1 aliphatic heterocycles. The second-order valence-corrected chi connectivity index (χ2v) is 12.8. The molecule has 1 aliphatic rings. The highest BCUT2D eigenvalue weighted by Gasteiger charge is 2.16. The molecule has 0 saturated carbocycles. The lowest BCUT2D eigenvalue weighted by atomic mass is 9.99. The summed E-state index contributed by atoms with van der Waals surface area (Å²) in [5.41, 5.74) is 4.45. The number of nitrogens with zero attached hydrogens (tertiary/aromatic N) is 1. The molecule has 0 bridgehead atoms. The molecular weight excluding hydrogens is 629 g/mol. The number of anilines is 1. The standard InChI is InChI=1S/C30H32N2O3S.C11H24N2/c1-3-4-6-11-21(2)26(18-19-36)31-29(34)23-16-17-27(28(33)20-23)32-30(35)25-15-10-9-14-24(25)22-12-7-5-8-13-22;1-2-3-4-5-9-13-10-6-7-12-8-11-13/h5,7-10,12-20,33,36H,3-4,6,11H2,1-2H3,(H,31,34)(H,32,35);12H,2-11H2,1H3/b19-18-,26-21-;. The first-order chi connectivity index (χ1) is 23.9. The summed E-state index contributed by atoms with van der Waals surface area (Å²) in [5.74, 6) is -0.897. The molecule has 0 unspecified atom stereocenters. The zero-order valence-corrected chi connectivity index (χ0v) is 30.5. The van der Waals surface area contributed by atoms with Crippen molar-refractivity contribution in [2.24, 2.45) is 0 Å². The first-order valence-electron chi connectivity index (χ1n) is 17.9. The minimum absolute atomic E-state index is 0.192. The van der Waals surface area contributed by atoms with Gasteiger partial charge in [0, 0.05) is 29.9 Å². The third kappa shape index (κ3) is 13.9. The molecule has 3 aromatic rings. The van der Waals surface area contributed by atoms with Crippen LogP contribution in [0.2, 0.25) is 0 Å². The Labute approximate surface area is 299 Å². The Balaban J connectivity index is 0.000000419. The van der Waals surface area contributed by atoms with E-state index < -0.39 is 0 Å². The number of hydrogen-bond acceptors (Lipinski definition) is 6. The Bertz CT molecular complexity index is 1500. The van der Waals surface area contributed by atoms with Crippen LogP contribution in [0.15, 0.2) is 95.6 Å². The van der Waals surface area contributed by atoms with Crippen molar-refractivity contribution in [3.05, 3.63) is 107 Å². The second-order valence-electron chi connectivity index (χ2n) is 12.5. The molecule has 4 N–H and O–H groups in total. The number of rotatable bonds is 15. The van der Waals surface area contributed by atoms with E-state index in [1.54, 1.807) is 29.7 Å². The fourth-order valence-electron chi connectivity index (χ4n) is 5.74. The first-order valence-corrected chi connectivity index (χ1v) is 18.4. The van der Waals surface area contributed by atoms with Gasteiger partial charge >= 0.3 is 0 Å². The highest BCUT2D eigenvalue weighted by atomic mass is 32.1. The van der Waals surface area contributed by atoms with E-state index in [4.69, 9.17) is 0 Å². The zero-order chi connectivity index (χ0) is 35.3. The maximum Gasteiger partial charge on any atom is 0.256 e.